The first-order valence-electron chi connectivity index (χ1n) is 8.63. The average Bonchev–Trinajstić information content (AvgIpc) is 2.61. The molecule has 0 spiro atoms. The monoisotopic (exact) mass is 339 g/mol. The SMILES string of the molecule is COc1ccc(/C=C(\C)C(O)(c2ccccc2)C(C)CN(C)C)cc1. The molecule has 134 valence electrons. The van der Waals surface area contributed by atoms with Crippen LogP contribution in [0.25, 0.3) is 6.08 Å². The van der Waals surface area contributed by atoms with E-state index >= 15 is 0 Å². The van der Waals surface area contributed by atoms with Gasteiger partial charge in [-0.15, -0.1) is 0 Å². The van der Waals surface area contributed by atoms with Crippen molar-refractivity contribution < 1.29 is 9.84 Å². The second-order valence-corrected chi connectivity index (χ2v) is 6.90. The fourth-order valence-electron chi connectivity index (χ4n) is 3.33. The van der Waals surface area contributed by atoms with Crippen molar-refractivity contribution in [2.45, 2.75) is 19.4 Å². The predicted molar refractivity (Wildman–Crippen MR) is 105 cm³/mol. The van der Waals surface area contributed by atoms with Gasteiger partial charge in [-0.25, -0.2) is 0 Å². The van der Waals surface area contributed by atoms with Crippen LogP contribution in [0.15, 0.2) is 60.2 Å². The first kappa shape index (κ1) is 19.2. The van der Waals surface area contributed by atoms with Gasteiger partial charge in [0.15, 0.2) is 0 Å². The summed E-state index contributed by atoms with van der Waals surface area (Å²) in [6, 6.07) is 17.8. The molecule has 3 heteroatoms. The molecule has 0 aromatic heterocycles. The van der Waals surface area contributed by atoms with E-state index in [0.29, 0.717) is 0 Å². The first-order chi connectivity index (χ1) is 11.9. The van der Waals surface area contributed by atoms with Crippen molar-refractivity contribution in [3.8, 4) is 5.75 Å². The number of hydrogen-bond donors (Lipinski definition) is 1. The fraction of sp³-hybridized carbons (Fsp3) is 0.364. The number of aliphatic hydroxyl groups is 1. The lowest BCUT2D eigenvalue weighted by atomic mass is 9.76. The molecule has 0 heterocycles. The molecule has 1 N–H and O–H groups in total. The van der Waals surface area contributed by atoms with Gasteiger partial charge >= 0.3 is 0 Å². The van der Waals surface area contributed by atoms with Gasteiger partial charge in [-0.05, 0) is 49.9 Å². The molecular formula is C22H29NO2. The van der Waals surface area contributed by atoms with E-state index < -0.39 is 5.60 Å². The number of nitrogens with zero attached hydrogens (tertiary/aromatic N) is 1. The molecule has 0 aliphatic heterocycles. The minimum Gasteiger partial charge on any atom is -0.497 e. The minimum absolute atomic E-state index is 0.0411. The number of rotatable bonds is 7. The average molecular weight is 339 g/mol. The fourth-order valence-corrected chi connectivity index (χ4v) is 3.33. The van der Waals surface area contributed by atoms with Crippen molar-refractivity contribution in [1.29, 1.82) is 0 Å². The summed E-state index contributed by atoms with van der Waals surface area (Å²) in [5.74, 6) is 0.869. The zero-order chi connectivity index (χ0) is 18.4. The second kappa shape index (κ2) is 8.32. The van der Waals surface area contributed by atoms with Crippen LogP contribution in [0.4, 0.5) is 0 Å². The molecule has 2 unspecified atom stereocenters. The molecule has 0 saturated heterocycles. The zero-order valence-corrected chi connectivity index (χ0v) is 15.9. The van der Waals surface area contributed by atoms with E-state index in [2.05, 4.69) is 17.9 Å². The minimum atomic E-state index is -1.02. The van der Waals surface area contributed by atoms with Gasteiger partial charge in [0.05, 0.1) is 7.11 Å². The van der Waals surface area contributed by atoms with E-state index in [1.54, 1.807) is 7.11 Å². The molecule has 2 atom stereocenters. The van der Waals surface area contributed by atoms with Gasteiger partial charge < -0.3 is 14.7 Å². The van der Waals surface area contributed by atoms with E-state index in [0.717, 1.165) is 29.0 Å². The van der Waals surface area contributed by atoms with Crippen LogP contribution in [0.3, 0.4) is 0 Å². The van der Waals surface area contributed by atoms with Crippen LogP contribution in [-0.4, -0.2) is 37.8 Å². The van der Waals surface area contributed by atoms with Crippen molar-refractivity contribution in [1.82, 2.24) is 4.90 Å². The zero-order valence-electron chi connectivity index (χ0n) is 15.9. The smallest absolute Gasteiger partial charge is 0.118 e. The third-order valence-corrected chi connectivity index (χ3v) is 4.67. The van der Waals surface area contributed by atoms with Crippen molar-refractivity contribution in [2.24, 2.45) is 5.92 Å². The summed E-state index contributed by atoms with van der Waals surface area (Å²) < 4.78 is 5.22. The van der Waals surface area contributed by atoms with Crippen LogP contribution >= 0.6 is 0 Å². The van der Waals surface area contributed by atoms with Crippen molar-refractivity contribution in [3.05, 3.63) is 71.3 Å². The van der Waals surface area contributed by atoms with Gasteiger partial charge in [-0.2, -0.15) is 0 Å². The summed E-state index contributed by atoms with van der Waals surface area (Å²) in [4.78, 5) is 2.11. The normalized spacial score (nSPS) is 15.7. The molecule has 2 aromatic rings. The summed E-state index contributed by atoms with van der Waals surface area (Å²) in [7, 11) is 5.72. The summed E-state index contributed by atoms with van der Waals surface area (Å²) >= 11 is 0. The largest absolute Gasteiger partial charge is 0.497 e. The third-order valence-electron chi connectivity index (χ3n) is 4.67. The van der Waals surface area contributed by atoms with E-state index in [4.69, 9.17) is 4.74 Å². The lowest BCUT2D eigenvalue weighted by Crippen LogP contribution is -2.40. The van der Waals surface area contributed by atoms with Gasteiger partial charge in [-0.3, -0.25) is 0 Å². The Balaban J connectivity index is 2.44. The maximum atomic E-state index is 11.7. The van der Waals surface area contributed by atoms with Gasteiger partial charge in [0.1, 0.15) is 11.4 Å². The van der Waals surface area contributed by atoms with Crippen molar-refractivity contribution >= 4 is 6.08 Å². The number of hydrogen-bond acceptors (Lipinski definition) is 3. The predicted octanol–water partition coefficient (Wildman–Crippen LogP) is 4.18. The highest BCUT2D eigenvalue weighted by atomic mass is 16.5. The summed E-state index contributed by atoms with van der Waals surface area (Å²) in [6.07, 6.45) is 2.05. The Morgan fingerprint density at radius 2 is 1.72 bits per heavy atom. The molecule has 0 aliphatic rings. The molecule has 2 rings (SSSR count). The number of methoxy groups -OCH3 is 1. The maximum Gasteiger partial charge on any atom is 0.118 e. The van der Waals surface area contributed by atoms with Gasteiger partial charge in [0, 0.05) is 12.5 Å². The Labute approximate surface area is 151 Å². The van der Waals surface area contributed by atoms with Crippen LogP contribution in [0.5, 0.6) is 5.75 Å². The standard InChI is InChI=1S/C22H29NO2/c1-17(15-19-11-13-21(25-5)14-12-19)22(24,18(2)16-23(3)4)20-9-7-6-8-10-20/h6-15,18,24H,16H2,1-5H3/b17-15+. The lowest BCUT2D eigenvalue weighted by molar-refractivity contribution is 0.0105. The topological polar surface area (TPSA) is 32.7 Å². The Morgan fingerprint density at radius 1 is 1.12 bits per heavy atom. The Bertz CT molecular complexity index is 692. The highest BCUT2D eigenvalue weighted by molar-refractivity contribution is 5.57. The Hall–Kier alpha value is -2.10. The maximum absolute atomic E-state index is 11.7. The molecule has 3 nitrogen and oxygen atoms in total. The van der Waals surface area contributed by atoms with Crippen molar-refractivity contribution in [3.63, 3.8) is 0 Å². The summed E-state index contributed by atoms with van der Waals surface area (Å²) in [5, 5.41) is 11.7. The van der Waals surface area contributed by atoms with E-state index in [9.17, 15) is 5.11 Å². The highest BCUT2D eigenvalue weighted by Gasteiger charge is 2.37. The second-order valence-electron chi connectivity index (χ2n) is 6.90. The van der Waals surface area contributed by atoms with Gasteiger partial charge in [0.25, 0.3) is 0 Å². The molecule has 0 aliphatic carbocycles. The molecule has 2 aromatic carbocycles. The van der Waals surface area contributed by atoms with Gasteiger partial charge in [-0.1, -0.05) is 55.5 Å². The molecule has 25 heavy (non-hydrogen) atoms. The van der Waals surface area contributed by atoms with Crippen LogP contribution in [0.1, 0.15) is 25.0 Å². The number of benzene rings is 2. The van der Waals surface area contributed by atoms with Crippen LogP contribution in [0, 0.1) is 5.92 Å². The molecule has 0 saturated carbocycles. The van der Waals surface area contributed by atoms with Crippen LogP contribution < -0.4 is 4.74 Å². The third kappa shape index (κ3) is 4.50. The van der Waals surface area contributed by atoms with E-state index in [1.165, 1.54) is 0 Å². The highest BCUT2D eigenvalue weighted by Crippen LogP contribution is 2.38. The number of ether oxygens (including phenoxy) is 1. The van der Waals surface area contributed by atoms with Crippen LogP contribution in [-0.2, 0) is 5.60 Å². The first-order valence-corrected chi connectivity index (χ1v) is 8.63. The molecule has 0 radical (unpaired) electrons. The molecule has 0 amide bonds. The summed E-state index contributed by atoms with van der Waals surface area (Å²) in [6.45, 7) is 4.89. The van der Waals surface area contributed by atoms with E-state index in [-0.39, 0.29) is 5.92 Å². The Morgan fingerprint density at radius 3 is 2.24 bits per heavy atom. The van der Waals surface area contributed by atoms with Crippen molar-refractivity contribution in [2.75, 3.05) is 27.7 Å². The van der Waals surface area contributed by atoms with Crippen LogP contribution in [0.2, 0.25) is 0 Å². The molecular weight excluding hydrogens is 310 g/mol. The van der Waals surface area contributed by atoms with E-state index in [1.807, 2.05) is 75.6 Å². The quantitative estimate of drug-likeness (QED) is 0.821. The Kier molecular flexibility index (Phi) is 6.40. The van der Waals surface area contributed by atoms with Gasteiger partial charge in [0.2, 0.25) is 0 Å². The molecule has 0 fully saturated rings. The summed E-state index contributed by atoms with van der Waals surface area (Å²) in [5.41, 5.74) is 1.88. The molecule has 0 bridgehead atoms. The lowest BCUT2D eigenvalue weighted by Gasteiger charge is -2.37.